The van der Waals surface area contributed by atoms with Gasteiger partial charge in [-0.15, -0.1) is 0 Å². The van der Waals surface area contributed by atoms with Crippen LogP contribution in [0.4, 0.5) is 0 Å². The van der Waals surface area contributed by atoms with E-state index in [9.17, 15) is 46.0 Å². The van der Waals surface area contributed by atoms with E-state index in [0.29, 0.717) is 0 Å². The molecule has 0 amide bonds. The number of hydrogen-bond acceptors (Lipinski definition) is 17. The smallest absolute Gasteiger partial charge is 0.176 e. The number of aliphatic hydroxyl groups is 9. The highest BCUT2D eigenvalue weighted by atomic mass is 16.7. The van der Waals surface area contributed by atoms with Crippen molar-refractivity contribution < 1.29 is 69.6 Å². The van der Waals surface area contributed by atoms with Crippen LogP contribution in [0.2, 0.25) is 0 Å². The van der Waals surface area contributed by atoms with Gasteiger partial charge in [0.15, 0.2) is 24.5 Å². The van der Waals surface area contributed by atoms with Crippen molar-refractivity contribution in [3.8, 4) is 0 Å². The van der Waals surface area contributed by atoms with Crippen LogP contribution in [0, 0.1) is 0 Å². The molecule has 0 saturated carbocycles. The van der Waals surface area contributed by atoms with Crippen LogP contribution in [0.25, 0.3) is 0 Å². The number of aliphatic hydroxyl groups excluding tert-OH is 8. The van der Waals surface area contributed by atoms with Crippen molar-refractivity contribution >= 4 is 0 Å². The molecule has 0 aromatic heterocycles. The third kappa shape index (κ3) is 5.58. The minimum Gasteiger partial charge on any atom is -0.394 e. The van der Waals surface area contributed by atoms with Gasteiger partial charge in [-0.05, 0) is 13.8 Å². The van der Waals surface area contributed by atoms with Crippen LogP contribution < -0.4 is 17.2 Å². The van der Waals surface area contributed by atoms with E-state index >= 15 is 0 Å². The van der Waals surface area contributed by atoms with Crippen LogP contribution in [0.5, 0.6) is 0 Å². The molecule has 3 aliphatic heterocycles. The number of rotatable bonds is 8. The fraction of sp³-hybridized carbons (Fsp3) is 1.00. The highest BCUT2D eigenvalue weighted by Gasteiger charge is 2.61. The van der Waals surface area contributed by atoms with E-state index in [-0.39, 0.29) is 0 Å². The maximum atomic E-state index is 11.0. The van der Waals surface area contributed by atoms with Gasteiger partial charge in [-0.2, -0.15) is 0 Å². The summed E-state index contributed by atoms with van der Waals surface area (Å²) in [6, 6.07) is -4.13. The van der Waals surface area contributed by atoms with E-state index in [1.807, 2.05) is 0 Å². The molecule has 3 rings (SSSR count). The van der Waals surface area contributed by atoms with E-state index < -0.39 is 117 Å². The Bertz CT molecular complexity index is 774. The molecule has 2 unspecified atom stereocenters. The van der Waals surface area contributed by atoms with Gasteiger partial charge in [-0.1, -0.05) is 0 Å². The molecule has 224 valence electrons. The zero-order valence-corrected chi connectivity index (χ0v) is 21.0. The molecule has 3 fully saturated rings. The Labute approximate surface area is 218 Å². The molecule has 0 radical (unpaired) electrons. The van der Waals surface area contributed by atoms with E-state index in [1.165, 1.54) is 13.8 Å². The summed E-state index contributed by atoms with van der Waals surface area (Å²) in [5, 5.41) is 92.4. The molecule has 0 spiro atoms. The maximum Gasteiger partial charge on any atom is 0.176 e. The second kappa shape index (κ2) is 12.0. The lowest BCUT2D eigenvalue weighted by molar-refractivity contribution is -0.377. The summed E-state index contributed by atoms with van der Waals surface area (Å²) < 4.78 is 27.9. The summed E-state index contributed by atoms with van der Waals surface area (Å²) in [6.07, 6.45) is -16.8. The standard InChI is InChI=1S/C21H41N3O14/c1-20(2,33)21(5-27)16(31)13(30)10(24)19(38-21)37-15-7(4-26)35-18(9(23)12(15)29)36-14-6(3-25)34-17(32)8(22)11(14)28/h6-19,25-33H,3-5,22-24H2,1-2H3/t6-,7-,8-,9-,10-,11-,12-,13-,14?,15?,16+,17-,18+,19+,21-/m1/s1. The minimum atomic E-state index is -2.14. The average molecular weight is 560 g/mol. The molecule has 17 nitrogen and oxygen atoms in total. The number of ether oxygens (including phenoxy) is 5. The van der Waals surface area contributed by atoms with Crippen molar-refractivity contribution in [2.24, 2.45) is 17.2 Å². The maximum absolute atomic E-state index is 11.0. The van der Waals surface area contributed by atoms with Gasteiger partial charge in [0.05, 0.1) is 43.5 Å². The van der Waals surface area contributed by atoms with Gasteiger partial charge in [0.1, 0.15) is 48.8 Å². The molecule has 15 atom stereocenters. The monoisotopic (exact) mass is 559 g/mol. The number of hydrogen-bond donors (Lipinski definition) is 12. The van der Waals surface area contributed by atoms with Gasteiger partial charge >= 0.3 is 0 Å². The van der Waals surface area contributed by atoms with Gasteiger partial charge in [0, 0.05) is 0 Å². The molecule has 0 aliphatic carbocycles. The Morgan fingerprint density at radius 1 is 0.737 bits per heavy atom. The molecule has 38 heavy (non-hydrogen) atoms. The quantitative estimate of drug-likeness (QED) is 0.131. The minimum absolute atomic E-state index is 0.677. The van der Waals surface area contributed by atoms with Crippen LogP contribution >= 0.6 is 0 Å². The third-order valence-electron chi connectivity index (χ3n) is 7.51. The summed E-state index contributed by atoms with van der Waals surface area (Å²) in [5.41, 5.74) is 13.7. The zero-order valence-electron chi connectivity index (χ0n) is 21.0. The lowest BCUT2D eigenvalue weighted by Crippen LogP contribution is -2.75. The molecule has 3 aliphatic rings. The predicted molar refractivity (Wildman–Crippen MR) is 122 cm³/mol. The van der Waals surface area contributed by atoms with E-state index in [0.717, 1.165) is 0 Å². The van der Waals surface area contributed by atoms with Crippen LogP contribution in [-0.4, -0.2) is 163 Å². The van der Waals surface area contributed by atoms with Crippen LogP contribution in [0.3, 0.4) is 0 Å². The fourth-order valence-corrected chi connectivity index (χ4v) is 4.91. The molecule has 0 aromatic carbocycles. The Hall–Kier alpha value is -0.680. The van der Waals surface area contributed by atoms with Crippen molar-refractivity contribution in [3.63, 3.8) is 0 Å². The summed E-state index contributed by atoms with van der Waals surface area (Å²) in [6.45, 7) is 0.0773. The SMILES string of the molecule is CC(C)(O)[C@]1(CO)O[C@H](OC2[C@@H](CO)O[C@@H](OC3[C@@H](CO)O[C@@H](O)[C@H](N)[C@H]3O)[C@H](N)[C@H]2O)[C@H](N)[C@@H](O)[C@@H]1O. The van der Waals surface area contributed by atoms with Crippen LogP contribution in [0.1, 0.15) is 13.8 Å². The fourth-order valence-electron chi connectivity index (χ4n) is 4.91. The molecule has 15 N–H and O–H groups in total. The largest absolute Gasteiger partial charge is 0.394 e. The van der Waals surface area contributed by atoms with Gasteiger partial charge in [-0.25, -0.2) is 0 Å². The first-order chi connectivity index (χ1) is 17.6. The third-order valence-corrected chi connectivity index (χ3v) is 7.51. The van der Waals surface area contributed by atoms with Crippen molar-refractivity contribution in [2.45, 2.75) is 111 Å². The van der Waals surface area contributed by atoms with Crippen LogP contribution in [-0.2, 0) is 23.7 Å². The zero-order chi connectivity index (χ0) is 28.7. The molecule has 0 bridgehead atoms. The van der Waals surface area contributed by atoms with E-state index in [1.54, 1.807) is 0 Å². The Kier molecular flexibility index (Phi) is 10.1. The lowest BCUT2D eigenvalue weighted by atomic mass is 9.76. The van der Waals surface area contributed by atoms with Crippen molar-refractivity contribution in [1.82, 2.24) is 0 Å². The molecular weight excluding hydrogens is 518 g/mol. The molecule has 17 heteroatoms. The summed E-state index contributed by atoms with van der Waals surface area (Å²) >= 11 is 0. The summed E-state index contributed by atoms with van der Waals surface area (Å²) in [7, 11) is 0. The topological polar surface area (TPSA) is 306 Å². The van der Waals surface area contributed by atoms with Crippen LogP contribution in [0.15, 0.2) is 0 Å². The van der Waals surface area contributed by atoms with Gasteiger partial charge in [0.2, 0.25) is 0 Å². The first-order valence-corrected chi connectivity index (χ1v) is 12.2. The first kappa shape index (κ1) is 31.8. The number of nitrogens with two attached hydrogens (primary N) is 3. The normalized spacial score (nSPS) is 50.7. The Morgan fingerprint density at radius 2 is 1.21 bits per heavy atom. The second-order valence-electron chi connectivity index (χ2n) is 10.4. The second-order valence-corrected chi connectivity index (χ2v) is 10.4. The Balaban J connectivity index is 1.80. The Morgan fingerprint density at radius 3 is 1.71 bits per heavy atom. The first-order valence-electron chi connectivity index (χ1n) is 12.2. The highest BCUT2D eigenvalue weighted by molar-refractivity contribution is 5.09. The van der Waals surface area contributed by atoms with Gasteiger partial charge < -0.3 is 86.8 Å². The molecular formula is C21H41N3O14. The molecule has 3 heterocycles. The predicted octanol–water partition coefficient (Wildman–Crippen LogP) is -7.53. The van der Waals surface area contributed by atoms with Crippen molar-refractivity contribution in [3.05, 3.63) is 0 Å². The van der Waals surface area contributed by atoms with E-state index in [2.05, 4.69) is 0 Å². The lowest BCUT2D eigenvalue weighted by Gasteiger charge is -2.54. The summed E-state index contributed by atoms with van der Waals surface area (Å²) in [4.78, 5) is 0. The average Bonchev–Trinajstić information content (AvgIpc) is 2.87. The molecule has 0 aromatic rings. The molecule has 3 saturated heterocycles. The van der Waals surface area contributed by atoms with E-state index in [4.69, 9.17) is 40.9 Å². The van der Waals surface area contributed by atoms with Gasteiger partial charge in [0.25, 0.3) is 0 Å². The highest BCUT2D eigenvalue weighted by Crippen LogP contribution is 2.39. The van der Waals surface area contributed by atoms with Gasteiger partial charge in [-0.3, -0.25) is 0 Å². The van der Waals surface area contributed by atoms with Crippen molar-refractivity contribution in [1.29, 1.82) is 0 Å². The summed E-state index contributed by atoms with van der Waals surface area (Å²) in [5.74, 6) is 0. The van der Waals surface area contributed by atoms with Crippen molar-refractivity contribution in [2.75, 3.05) is 19.8 Å².